The van der Waals surface area contributed by atoms with Crippen molar-refractivity contribution < 1.29 is 8.42 Å². The standard InChI is InChI=1S/C22H27N5O2S3/c1-4-11-27-20(18-6-5-12-26(13-18)32(3,28)29)24-25-22(27)31-15-19-14-30-21(23-19)17-9-7-16(2)8-10-17/h4,7-10,14,18H,1,5-6,11-13,15H2,2-3H3/t18-/m1/s1. The Morgan fingerprint density at radius 2 is 2.06 bits per heavy atom. The first-order valence-electron chi connectivity index (χ1n) is 10.5. The van der Waals surface area contributed by atoms with Gasteiger partial charge in [-0.15, -0.1) is 28.1 Å². The first kappa shape index (κ1) is 23.2. The van der Waals surface area contributed by atoms with Gasteiger partial charge in [0, 0.05) is 42.2 Å². The van der Waals surface area contributed by atoms with Gasteiger partial charge in [0.1, 0.15) is 10.8 Å². The smallest absolute Gasteiger partial charge is 0.211 e. The van der Waals surface area contributed by atoms with Crippen LogP contribution in [0.25, 0.3) is 10.6 Å². The van der Waals surface area contributed by atoms with Crippen molar-refractivity contribution in [2.24, 2.45) is 0 Å². The van der Waals surface area contributed by atoms with E-state index in [4.69, 9.17) is 4.98 Å². The van der Waals surface area contributed by atoms with E-state index in [2.05, 4.69) is 57.9 Å². The van der Waals surface area contributed by atoms with Gasteiger partial charge < -0.3 is 4.57 Å². The van der Waals surface area contributed by atoms with Gasteiger partial charge in [0.05, 0.1) is 11.9 Å². The number of hydrogen-bond acceptors (Lipinski definition) is 7. The third-order valence-electron chi connectivity index (χ3n) is 5.47. The van der Waals surface area contributed by atoms with E-state index in [1.807, 2.05) is 6.08 Å². The van der Waals surface area contributed by atoms with Crippen LogP contribution in [-0.2, 0) is 22.3 Å². The third-order valence-corrected chi connectivity index (χ3v) is 8.69. The highest BCUT2D eigenvalue weighted by Gasteiger charge is 2.30. The van der Waals surface area contributed by atoms with Crippen LogP contribution in [-0.4, -0.2) is 51.8 Å². The predicted molar refractivity (Wildman–Crippen MR) is 130 cm³/mol. The Balaban J connectivity index is 1.48. The molecule has 0 bridgehead atoms. The number of aryl methyl sites for hydroxylation is 1. The predicted octanol–water partition coefficient (Wildman–Crippen LogP) is 4.33. The molecule has 0 N–H and O–H groups in total. The Kier molecular flexibility index (Phi) is 7.14. The summed E-state index contributed by atoms with van der Waals surface area (Å²) in [5.74, 6) is 1.56. The van der Waals surface area contributed by atoms with Crippen LogP contribution in [0.4, 0.5) is 0 Å². The minimum atomic E-state index is -3.21. The lowest BCUT2D eigenvalue weighted by atomic mass is 9.99. The fraction of sp³-hybridized carbons (Fsp3) is 0.409. The SMILES string of the molecule is C=CCn1c(SCc2csc(-c3ccc(C)cc3)n2)nnc1[C@@H]1CCCN(S(C)(=O)=O)C1. The van der Waals surface area contributed by atoms with Gasteiger partial charge in [-0.05, 0) is 19.8 Å². The van der Waals surface area contributed by atoms with Gasteiger partial charge in [0.15, 0.2) is 5.16 Å². The number of aromatic nitrogens is 4. The summed E-state index contributed by atoms with van der Waals surface area (Å²) in [6.07, 6.45) is 4.82. The molecule has 10 heteroatoms. The molecule has 3 aromatic rings. The van der Waals surface area contributed by atoms with E-state index in [-0.39, 0.29) is 5.92 Å². The summed E-state index contributed by atoms with van der Waals surface area (Å²) < 4.78 is 27.6. The molecule has 1 aliphatic heterocycles. The van der Waals surface area contributed by atoms with Crippen molar-refractivity contribution in [3.8, 4) is 10.6 Å². The number of thiazole rings is 1. The van der Waals surface area contributed by atoms with E-state index < -0.39 is 10.0 Å². The van der Waals surface area contributed by atoms with E-state index in [9.17, 15) is 8.42 Å². The van der Waals surface area contributed by atoms with E-state index in [0.29, 0.717) is 25.4 Å². The van der Waals surface area contributed by atoms with Gasteiger partial charge in [0.25, 0.3) is 0 Å². The Labute approximate surface area is 197 Å². The molecule has 2 aromatic heterocycles. The maximum Gasteiger partial charge on any atom is 0.211 e. The van der Waals surface area contributed by atoms with Crippen molar-refractivity contribution in [1.29, 1.82) is 0 Å². The Bertz CT molecular complexity index is 1180. The van der Waals surface area contributed by atoms with Gasteiger partial charge in [0.2, 0.25) is 10.0 Å². The Morgan fingerprint density at radius 3 is 2.78 bits per heavy atom. The molecule has 170 valence electrons. The molecule has 7 nitrogen and oxygen atoms in total. The second-order valence-electron chi connectivity index (χ2n) is 8.00. The van der Waals surface area contributed by atoms with Crippen LogP contribution in [0.2, 0.25) is 0 Å². The summed E-state index contributed by atoms with van der Waals surface area (Å²) in [5, 5.41) is 12.8. The zero-order valence-corrected chi connectivity index (χ0v) is 20.7. The van der Waals surface area contributed by atoms with E-state index in [1.54, 1.807) is 27.4 Å². The Hall–Kier alpha value is -2.01. The summed E-state index contributed by atoms with van der Waals surface area (Å²) in [7, 11) is -3.21. The van der Waals surface area contributed by atoms with Crippen molar-refractivity contribution in [1.82, 2.24) is 24.1 Å². The van der Waals surface area contributed by atoms with Crippen molar-refractivity contribution in [3.05, 3.63) is 59.4 Å². The summed E-state index contributed by atoms with van der Waals surface area (Å²) >= 11 is 3.24. The average Bonchev–Trinajstić information content (AvgIpc) is 3.40. The summed E-state index contributed by atoms with van der Waals surface area (Å²) in [6, 6.07) is 8.39. The largest absolute Gasteiger partial charge is 0.302 e. The maximum atomic E-state index is 12.0. The lowest BCUT2D eigenvalue weighted by Gasteiger charge is -2.30. The van der Waals surface area contributed by atoms with Gasteiger partial charge in [-0.2, -0.15) is 0 Å². The molecule has 0 saturated carbocycles. The molecule has 1 fully saturated rings. The molecule has 0 radical (unpaired) electrons. The fourth-order valence-corrected chi connectivity index (χ4v) is 6.49. The molecule has 0 amide bonds. The van der Waals surface area contributed by atoms with Crippen LogP contribution in [0.1, 0.15) is 35.8 Å². The van der Waals surface area contributed by atoms with Crippen LogP contribution in [0.15, 0.2) is 47.5 Å². The molecule has 0 aliphatic carbocycles. The number of benzene rings is 1. The lowest BCUT2D eigenvalue weighted by molar-refractivity contribution is 0.306. The van der Waals surface area contributed by atoms with Crippen LogP contribution in [0.5, 0.6) is 0 Å². The van der Waals surface area contributed by atoms with Crippen LogP contribution >= 0.6 is 23.1 Å². The van der Waals surface area contributed by atoms with E-state index in [0.717, 1.165) is 40.1 Å². The number of allylic oxidation sites excluding steroid dienone is 1. The molecule has 0 unspecified atom stereocenters. The first-order chi connectivity index (χ1) is 15.3. The molecular weight excluding hydrogens is 462 g/mol. The van der Waals surface area contributed by atoms with Crippen molar-refractivity contribution >= 4 is 33.1 Å². The van der Waals surface area contributed by atoms with Crippen LogP contribution in [0.3, 0.4) is 0 Å². The third kappa shape index (κ3) is 5.31. The average molecular weight is 490 g/mol. The molecule has 1 saturated heterocycles. The molecule has 0 spiro atoms. The highest BCUT2D eigenvalue weighted by molar-refractivity contribution is 7.98. The molecule has 1 aliphatic rings. The number of sulfonamides is 1. The maximum absolute atomic E-state index is 12.0. The molecular formula is C22H27N5O2S3. The summed E-state index contributed by atoms with van der Waals surface area (Å²) in [6.45, 7) is 7.56. The zero-order valence-electron chi connectivity index (χ0n) is 18.3. The fourth-order valence-electron chi connectivity index (χ4n) is 3.80. The minimum absolute atomic E-state index is 0.0349. The molecule has 32 heavy (non-hydrogen) atoms. The number of hydrogen-bond donors (Lipinski definition) is 0. The zero-order chi connectivity index (χ0) is 22.7. The van der Waals surface area contributed by atoms with Crippen LogP contribution < -0.4 is 0 Å². The molecule has 4 rings (SSSR count). The minimum Gasteiger partial charge on any atom is -0.302 e. The monoisotopic (exact) mass is 489 g/mol. The van der Waals surface area contributed by atoms with Gasteiger partial charge in [-0.1, -0.05) is 47.7 Å². The first-order valence-corrected chi connectivity index (χ1v) is 14.2. The van der Waals surface area contributed by atoms with E-state index in [1.165, 1.54) is 11.8 Å². The quantitative estimate of drug-likeness (QED) is 0.346. The number of nitrogens with zero attached hydrogens (tertiary/aromatic N) is 5. The van der Waals surface area contributed by atoms with Crippen molar-refractivity contribution in [2.75, 3.05) is 19.3 Å². The van der Waals surface area contributed by atoms with Gasteiger partial charge >= 0.3 is 0 Å². The number of rotatable bonds is 8. The van der Waals surface area contributed by atoms with Crippen molar-refractivity contribution in [3.63, 3.8) is 0 Å². The second-order valence-corrected chi connectivity index (χ2v) is 11.8. The van der Waals surface area contributed by atoms with Crippen molar-refractivity contribution in [2.45, 2.75) is 43.1 Å². The highest BCUT2D eigenvalue weighted by Crippen LogP contribution is 2.31. The normalized spacial score (nSPS) is 17.5. The summed E-state index contributed by atoms with van der Waals surface area (Å²) in [5.41, 5.74) is 3.36. The molecule has 3 heterocycles. The molecule has 1 aromatic carbocycles. The van der Waals surface area contributed by atoms with Gasteiger partial charge in [-0.25, -0.2) is 17.7 Å². The second kappa shape index (κ2) is 9.86. The van der Waals surface area contributed by atoms with Gasteiger partial charge in [-0.3, -0.25) is 0 Å². The highest BCUT2D eigenvalue weighted by atomic mass is 32.2. The van der Waals surface area contributed by atoms with Crippen LogP contribution in [0, 0.1) is 6.92 Å². The number of piperidine rings is 1. The van der Waals surface area contributed by atoms with E-state index >= 15 is 0 Å². The lowest BCUT2D eigenvalue weighted by Crippen LogP contribution is -2.39. The Morgan fingerprint density at radius 1 is 1.28 bits per heavy atom. The topological polar surface area (TPSA) is 81.0 Å². The summed E-state index contributed by atoms with van der Waals surface area (Å²) in [4.78, 5) is 4.78. The molecule has 1 atom stereocenters. The number of thioether (sulfide) groups is 1.